The SMILES string of the molecule is CCCCc1cn(-c2c(F)cccc2CC)c(=O)n1Cc1ccc(-c2ccccc2-c2nnn[nH]2)cc1. The normalized spacial score (nSPS) is 11.2. The number of aromatic amines is 1. The Kier molecular flexibility index (Phi) is 7.07. The molecule has 0 saturated carbocycles. The molecule has 3 aromatic carbocycles. The van der Waals surface area contributed by atoms with Crippen LogP contribution in [0, 0.1) is 5.82 Å². The standard InChI is InChI=1S/C29H29FN6O/c1-3-5-10-23-19-36(27-21(4-2)9-8-13-26(27)30)29(37)35(23)18-20-14-16-22(17-15-20)24-11-6-7-12-25(24)28-31-33-34-32-28/h6-9,11-17,19H,3-5,10,18H2,1-2H3,(H,31,32,33,34). The Bertz CT molecular complexity index is 1550. The fourth-order valence-corrected chi connectivity index (χ4v) is 4.72. The molecule has 0 fully saturated rings. The molecule has 1 N–H and O–H groups in total. The molecule has 0 atom stereocenters. The zero-order valence-electron chi connectivity index (χ0n) is 21.0. The number of halogens is 1. The minimum Gasteiger partial charge on any atom is -0.292 e. The van der Waals surface area contributed by atoms with Crippen molar-refractivity contribution in [1.29, 1.82) is 0 Å². The molecule has 37 heavy (non-hydrogen) atoms. The van der Waals surface area contributed by atoms with Crippen molar-refractivity contribution < 1.29 is 4.39 Å². The summed E-state index contributed by atoms with van der Waals surface area (Å²) < 4.78 is 18.1. The van der Waals surface area contributed by atoms with Crippen LogP contribution in [0.25, 0.3) is 28.2 Å². The van der Waals surface area contributed by atoms with Gasteiger partial charge in [0.2, 0.25) is 0 Å². The van der Waals surface area contributed by atoms with E-state index in [9.17, 15) is 9.18 Å². The van der Waals surface area contributed by atoms with E-state index >= 15 is 0 Å². The average Bonchev–Trinajstić information content (AvgIpc) is 3.57. The Morgan fingerprint density at radius 3 is 2.43 bits per heavy atom. The Morgan fingerprint density at radius 1 is 0.946 bits per heavy atom. The second kappa shape index (κ2) is 10.7. The number of H-pyrrole nitrogens is 1. The molecule has 7 nitrogen and oxygen atoms in total. The number of para-hydroxylation sites is 1. The van der Waals surface area contributed by atoms with E-state index in [0.717, 1.165) is 52.8 Å². The Hall–Kier alpha value is -4.33. The maximum atomic E-state index is 14.9. The van der Waals surface area contributed by atoms with Crippen LogP contribution in [0.5, 0.6) is 0 Å². The largest absolute Gasteiger partial charge is 0.333 e. The highest BCUT2D eigenvalue weighted by molar-refractivity contribution is 5.80. The highest BCUT2D eigenvalue weighted by Crippen LogP contribution is 2.30. The van der Waals surface area contributed by atoms with Gasteiger partial charge in [0.15, 0.2) is 5.82 Å². The predicted octanol–water partition coefficient (Wildman–Crippen LogP) is 5.58. The van der Waals surface area contributed by atoms with Crippen molar-refractivity contribution in [2.24, 2.45) is 0 Å². The summed E-state index contributed by atoms with van der Waals surface area (Å²) in [5.74, 6) is 0.221. The molecule has 0 bridgehead atoms. The van der Waals surface area contributed by atoms with E-state index in [1.54, 1.807) is 10.6 Å². The van der Waals surface area contributed by atoms with Gasteiger partial charge in [-0.25, -0.2) is 14.3 Å². The molecule has 2 aromatic heterocycles. The summed E-state index contributed by atoms with van der Waals surface area (Å²) >= 11 is 0. The van der Waals surface area contributed by atoms with Crippen LogP contribution < -0.4 is 5.69 Å². The van der Waals surface area contributed by atoms with Gasteiger partial charge in [0, 0.05) is 17.5 Å². The lowest BCUT2D eigenvalue weighted by molar-refractivity contribution is 0.610. The number of aryl methyl sites for hydroxylation is 2. The van der Waals surface area contributed by atoms with Gasteiger partial charge >= 0.3 is 5.69 Å². The molecule has 5 aromatic rings. The van der Waals surface area contributed by atoms with Gasteiger partial charge < -0.3 is 0 Å². The Labute approximate surface area is 214 Å². The van der Waals surface area contributed by atoms with E-state index in [1.807, 2.05) is 67.7 Å². The quantitative estimate of drug-likeness (QED) is 0.289. The highest BCUT2D eigenvalue weighted by atomic mass is 19.1. The van der Waals surface area contributed by atoms with Crippen molar-refractivity contribution in [2.75, 3.05) is 0 Å². The molecule has 0 amide bonds. The van der Waals surface area contributed by atoms with E-state index in [2.05, 4.69) is 27.5 Å². The Balaban J connectivity index is 1.50. The summed E-state index contributed by atoms with van der Waals surface area (Å²) in [6.07, 6.45) is 5.17. The first kappa shape index (κ1) is 24.4. The molecule has 2 heterocycles. The number of aromatic nitrogens is 6. The van der Waals surface area contributed by atoms with E-state index in [1.165, 1.54) is 10.6 Å². The van der Waals surface area contributed by atoms with Gasteiger partial charge in [-0.1, -0.05) is 80.9 Å². The third-order valence-electron chi connectivity index (χ3n) is 6.67. The van der Waals surface area contributed by atoms with Gasteiger partial charge in [0.25, 0.3) is 0 Å². The summed E-state index contributed by atoms with van der Waals surface area (Å²) in [4.78, 5) is 13.6. The van der Waals surface area contributed by atoms with Crippen molar-refractivity contribution in [3.8, 4) is 28.2 Å². The van der Waals surface area contributed by atoms with Crippen molar-refractivity contribution in [3.05, 3.63) is 106 Å². The van der Waals surface area contributed by atoms with E-state index in [0.29, 0.717) is 24.5 Å². The van der Waals surface area contributed by atoms with Crippen LogP contribution in [0.2, 0.25) is 0 Å². The van der Waals surface area contributed by atoms with E-state index in [-0.39, 0.29) is 11.5 Å². The van der Waals surface area contributed by atoms with Gasteiger partial charge in [-0.05, 0) is 58.0 Å². The van der Waals surface area contributed by atoms with Crippen molar-refractivity contribution >= 4 is 0 Å². The van der Waals surface area contributed by atoms with Crippen molar-refractivity contribution in [1.82, 2.24) is 29.8 Å². The first-order chi connectivity index (χ1) is 18.1. The predicted molar refractivity (Wildman–Crippen MR) is 142 cm³/mol. The highest BCUT2D eigenvalue weighted by Gasteiger charge is 2.18. The third-order valence-corrected chi connectivity index (χ3v) is 6.67. The van der Waals surface area contributed by atoms with Gasteiger partial charge in [-0.15, -0.1) is 5.10 Å². The molecule has 8 heteroatoms. The first-order valence-electron chi connectivity index (χ1n) is 12.6. The maximum Gasteiger partial charge on any atom is 0.333 e. The molecule has 0 unspecified atom stereocenters. The van der Waals surface area contributed by atoms with Crippen LogP contribution in [0.4, 0.5) is 4.39 Å². The number of imidazole rings is 1. The van der Waals surface area contributed by atoms with Crippen LogP contribution in [-0.4, -0.2) is 29.8 Å². The molecule has 188 valence electrons. The zero-order chi connectivity index (χ0) is 25.8. The van der Waals surface area contributed by atoms with Crippen LogP contribution in [-0.2, 0) is 19.4 Å². The summed E-state index contributed by atoms with van der Waals surface area (Å²) in [6.45, 7) is 4.50. The molecule has 0 saturated heterocycles. The van der Waals surface area contributed by atoms with Crippen molar-refractivity contribution in [3.63, 3.8) is 0 Å². The lowest BCUT2D eigenvalue weighted by Gasteiger charge is -2.10. The van der Waals surface area contributed by atoms with Crippen LogP contribution in [0.15, 0.2) is 77.7 Å². The smallest absolute Gasteiger partial charge is 0.292 e. The summed E-state index contributed by atoms with van der Waals surface area (Å²) in [7, 11) is 0. The maximum absolute atomic E-state index is 14.9. The lowest BCUT2D eigenvalue weighted by atomic mass is 9.98. The van der Waals surface area contributed by atoms with Gasteiger partial charge in [-0.3, -0.25) is 9.13 Å². The number of tetrazole rings is 1. The van der Waals surface area contributed by atoms with Crippen molar-refractivity contribution in [2.45, 2.75) is 46.1 Å². The second-order valence-corrected chi connectivity index (χ2v) is 9.06. The number of unbranched alkanes of at least 4 members (excludes halogenated alkanes) is 1. The number of hydrogen-bond acceptors (Lipinski definition) is 4. The topological polar surface area (TPSA) is 81.4 Å². The number of nitrogens with one attached hydrogen (secondary N) is 1. The van der Waals surface area contributed by atoms with Crippen LogP contribution >= 0.6 is 0 Å². The molecule has 0 spiro atoms. The van der Waals surface area contributed by atoms with Crippen LogP contribution in [0.3, 0.4) is 0 Å². The molecule has 0 aliphatic heterocycles. The minimum atomic E-state index is -0.384. The zero-order valence-corrected chi connectivity index (χ0v) is 21.0. The molecule has 0 radical (unpaired) electrons. The van der Waals surface area contributed by atoms with E-state index < -0.39 is 0 Å². The lowest BCUT2D eigenvalue weighted by Crippen LogP contribution is -2.26. The summed E-state index contributed by atoms with van der Waals surface area (Å²) in [5, 5.41) is 14.3. The second-order valence-electron chi connectivity index (χ2n) is 9.06. The summed E-state index contributed by atoms with van der Waals surface area (Å²) in [5.41, 5.74) is 5.77. The first-order valence-corrected chi connectivity index (χ1v) is 12.6. The van der Waals surface area contributed by atoms with Gasteiger partial charge in [0.1, 0.15) is 5.82 Å². The van der Waals surface area contributed by atoms with Gasteiger partial charge in [-0.2, -0.15) is 0 Å². The number of rotatable bonds is 9. The molecular formula is C29H29FN6O. The number of benzene rings is 3. The van der Waals surface area contributed by atoms with E-state index in [4.69, 9.17) is 0 Å². The molecule has 0 aliphatic rings. The average molecular weight is 497 g/mol. The molecular weight excluding hydrogens is 467 g/mol. The van der Waals surface area contributed by atoms with Gasteiger partial charge in [0.05, 0.1) is 12.2 Å². The Morgan fingerprint density at radius 2 is 1.73 bits per heavy atom. The minimum absolute atomic E-state index is 0.224. The molecule has 5 rings (SSSR count). The third kappa shape index (κ3) is 4.87. The fraction of sp³-hybridized carbons (Fsp3) is 0.241. The molecule has 0 aliphatic carbocycles. The number of nitrogens with zero attached hydrogens (tertiary/aromatic N) is 5. The fourth-order valence-electron chi connectivity index (χ4n) is 4.72. The number of hydrogen-bond donors (Lipinski definition) is 1. The monoisotopic (exact) mass is 496 g/mol. The van der Waals surface area contributed by atoms with Crippen LogP contribution in [0.1, 0.15) is 43.5 Å². The summed E-state index contributed by atoms with van der Waals surface area (Å²) in [6, 6.07) is 21.0.